The van der Waals surface area contributed by atoms with Crippen LogP contribution in [-0.2, 0) is 9.84 Å². The van der Waals surface area contributed by atoms with Crippen molar-refractivity contribution in [2.45, 2.75) is 26.0 Å². The highest BCUT2D eigenvalue weighted by Gasteiger charge is 2.15. The number of nitrogens with one attached hydrogen (secondary N) is 1. The Morgan fingerprint density at radius 3 is 2.50 bits per heavy atom. The third-order valence-corrected chi connectivity index (χ3v) is 5.04. The first kappa shape index (κ1) is 14.8. The lowest BCUT2D eigenvalue weighted by Gasteiger charge is -2.11. The van der Waals surface area contributed by atoms with Gasteiger partial charge in [-0.2, -0.15) is 0 Å². The van der Waals surface area contributed by atoms with Crippen molar-refractivity contribution in [3.05, 3.63) is 23.8 Å². The molecule has 102 valence electrons. The molecule has 0 heterocycles. The van der Waals surface area contributed by atoms with Gasteiger partial charge in [-0.25, -0.2) is 8.42 Å². The SMILES string of the molecule is COc1ccc(NCCS(=O)(=O)C(C)C)cc1C. The summed E-state index contributed by atoms with van der Waals surface area (Å²) in [6.45, 7) is 5.78. The molecule has 0 atom stereocenters. The van der Waals surface area contributed by atoms with E-state index in [1.165, 1.54) is 0 Å². The number of rotatable bonds is 6. The summed E-state index contributed by atoms with van der Waals surface area (Å²) in [5.41, 5.74) is 1.93. The molecule has 0 fully saturated rings. The summed E-state index contributed by atoms with van der Waals surface area (Å²) in [5, 5.41) is 2.79. The Hall–Kier alpha value is -1.23. The van der Waals surface area contributed by atoms with Crippen LogP contribution in [-0.4, -0.2) is 33.1 Å². The fourth-order valence-electron chi connectivity index (χ4n) is 1.56. The lowest BCUT2D eigenvalue weighted by atomic mass is 10.2. The lowest BCUT2D eigenvalue weighted by molar-refractivity contribution is 0.412. The average molecular weight is 271 g/mol. The summed E-state index contributed by atoms with van der Waals surface area (Å²) in [6.07, 6.45) is 0. The number of sulfone groups is 1. The number of ether oxygens (including phenoxy) is 1. The molecule has 0 saturated carbocycles. The molecule has 0 aliphatic rings. The smallest absolute Gasteiger partial charge is 0.154 e. The Bertz CT molecular complexity index is 495. The van der Waals surface area contributed by atoms with Gasteiger partial charge in [-0.1, -0.05) is 0 Å². The van der Waals surface area contributed by atoms with Crippen LogP contribution in [0.1, 0.15) is 19.4 Å². The zero-order valence-corrected chi connectivity index (χ0v) is 12.2. The molecule has 18 heavy (non-hydrogen) atoms. The third-order valence-electron chi connectivity index (χ3n) is 2.83. The van der Waals surface area contributed by atoms with Crippen molar-refractivity contribution in [3.8, 4) is 5.75 Å². The summed E-state index contributed by atoms with van der Waals surface area (Å²) >= 11 is 0. The maximum absolute atomic E-state index is 11.6. The Kier molecular flexibility index (Phi) is 5.02. The van der Waals surface area contributed by atoms with Crippen LogP contribution in [0.3, 0.4) is 0 Å². The number of methoxy groups -OCH3 is 1. The van der Waals surface area contributed by atoms with E-state index in [1.807, 2.05) is 25.1 Å². The van der Waals surface area contributed by atoms with Gasteiger partial charge in [-0.15, -0.1) is 0 Å². The first-order valence-corrected chi connectivity index (χ1v) is 7.68. The molecular formula is C13H21NO3S. The molecule has 0 aliphatic heterocycles. The lowest BCUT2D eigenvalue weighted by Crippen LogP contribution is -2.22. The second-order valence-electron chi connectivity index (χ2n) is 4.53. The van der Waals surface area contributed by atoms with Crippen molar-refractivity contribution in [2.24, 2.45) is 0 Å². The summed E-state index contributed by atoms with van der Waals surface area (Å²) in [4.78, 5) is 0. The number of anilines is 1. The molecule has 1 aromatic carbocycles. The van der Waals surface area contributed by atoms with E-state index >= 15 is 0 Å². The zero-order chi connectivity index (χ0) is 13.8. The molecule has 5 heteroatoms. The van der Waals surface area contributed by atoms with Crippen LogP contribution in [0, 0.1) is 6.92 Å². The van der Waals surface area contributed by atoms with Gasteiger partial charge in [0.15, 0.2) is 9.84 Å². The van der Waals surface area contributed by atoms with Crippen LogP contribution >= 0.6 is 0 Å². The molecule has 0 saturated heterocycles. The van der Waals surface area contributed by atoms with Crippen molar-refractivity contribution in [1.29, 1.82) is 0 Å². The summed E-state index contributed by atoms with van der Waals surface area (Å²) in [7, 11) is -1.35. The fraction of sp³-hybridized carbons (Fsp3) is 0.538. The molecule has 0 aliphatic carbocycles. The van der Waals surface area contributed by atoms with Gasteiger partial charge in [0, 0.05) is 12.2 Å². The van der Waals surface area contributed by atoms with Crippen LogP contribution in [0.25, 0.3) is 0 Å². The van der Waals surface area contributed by atoms with Gasteiger partial charge in [0.25, 0.3) is 0 Å². The number of benzene rings is 1. The Labute approximate surface area is 109 Å². The third kappa shape index (κ3) is 3.91. The predicted molar refractivity (Wildman–Crippen MR) is 75.1 cm³/mol. The molecule has 0 amide bonds. The maximum atomic E-state index is 11.6. The van der Waals surface area contributed by atoms with Crippen molar-refractivity contribution in [1.82, 2.24) is 0 Å². The molecule has 0 unspecified atom stereocenters. The van der Waals surface area contributed by atoms with Gasteiger partial charge in [-0.05, 0) is 44.5 Å². The molecule has 1 rings (SSSR count). The first-order chi connectivity index (χ1) is 8.36. The van der Waals surface area contributed by atoms with Crippen LogP contribution < -0.4 is 10.1 Å². The van der Waals surface area contributed by atoms with Crippen molar-refractivity contribution in [2.75, 3.05) is 24.7 Å². The van der Waals surface area contributed by atoms with Crippen molar-refractivity contribution >= 4 is 15.5 Å². The van der Waals surface area contributed by atoms with Gasteiger partial charge < -0.3 is 10.1 Å². The monoisotopic (exact) mass is 271 g/mol. The largest absolute Gasteiger partial charge is 0.496 e. The molecule has 1 N–H and O–H groups in total. The topological polar surface area (TPSA) is 55.4 Å². The standard InChI is InChI=1S/C13H21NO3S/c1-10(2)18(15,16)8-7-14-12-5-6-13(17-4)11(3)9-12/h5-6,9-10,14H,7-8H2,1-4H3. The second kappa shape index (κ2) is 6.09. The van der Waals surface area contributed by atoms with Gasteiger partial charge >= 0.3 is 0 Å². The van der Waals surface area contributed by atoms with Gasteiger partial charge in [-0.3, -0.25) is 0 Å². The minimum absolute atomic E-state index is 0.149. The Morgan fingerprint density at radius 1 is 1.33 bits per heavy atom. The molecule has 4 nitrogen and oxygen atoms in total. The summed E-state index contributed by atoms with van der Waals surface area (Å²) in [6, 6.07) is 5.70. The maximum Gasteiger partial charge on any atom is 0.154 e. The number of hydrogen-bond acceptors (Lipinski definition) is 4. The van der Waals surface area contributed by atoms with E-state index in [9.17, 15) is 8.42 Å². The van der Waals surface area contributed by atoms with Gasteiger partial charge in [0.05, 0.1) is 18.1 Å². The highest BCUT2D eigenvalue weighted by molar-refractivity contribution is 7.92. The van der Waals surface area contributed by atoms with Crippen LogP contribution in [0.4, 0.5) is 5.69 Å². The van der Waals surface area contributed by atoms with E-state index in [-0.39, 0.29) is 11.0 Å². The summed E-state index contributed by atoms with van der Waals surface area (Å²) in [5.74, 6) is 0.978. The first-order valence-electron chi connectivity index (χ1n) is 5.97. The van der Waals surface area contributed by atoms with E-state index in [2.05, 4.69) is 5.32 Å². The quantitative estimate of drug-likeness (QED) is 0.862. The molecular weight excluding hydrogens is 250 g/mol. The summed E-state index contributed by atoms with van der Waals surface area (Å²) < 4.78 is 28.4. The Balaban J connectivity index is 2.57. The second-order valence-corrected chi connectivity index (χ2v) is 7.20. The molecule has 0 radical (unpaired) electrons. The van der Waals surface area contributed by atoms with E-state index in [0.717, 1.165) is 17.0 Å². The van der Waals surface area contributed by atoms with E-state index in [1.54, 1.807) is 21.0 Å². The Morgan fingerprint density at radius 2 is 2.00 bits per heavy atom. The molecule has 0 bridgehead atoms. The van der Waals surface area contributed by atoms with Gasteiger partial charge in [0.1, 0.15) is 5.75 Å². The highest BCUT2D eigenvalue weighted by atomic mass is 32.2. The van der Waals surface area contributed by atoms with Crippen LogP contribution in [0.5, 0.6) is 5.75 Å². The molecule has 1 aromatic rings. The molecule has 0 spiro atoms. The van der Waals surface area contributed by atoms with Crippen LogP contribution in [0.15, 0.2) is 18.2 Å². The highest BCUT2D eigenvalue weighted by Crippen LogP contribution is 2.21. The minimum Gasteiger partial charge on any atom is -0.496 e. The van der Waals surface area contributed by atoms with E-state index in [0.29, 0.717) is 6.54 Å². The number of aryl methyl sites for hydroxylation is 1. The number of hydrogen-bond donors (Lipinski definition) is 1. The van der Waals surface area contributed by atoms with E-state index < -0.39 is 9.84 Å². The molecule has 0 aromatic heterocycles. The van der Waals surface area contributed by atoms with Crippen molar-refractivity contribution < 1.29 is 13.2 Å². The van der Waals surface area contributed by atoms with Crippen molar-refractivity contribution in [3.63, 3.8) is 0 Å². The average Bonchev–Trinajstić information content (AvgIpc) is 2.29. The van der Waals surface area contributed by atoms with Crippen LogP contribution in [0.2, 0.25) is 0 Å². The normalized spacial score (nSPS) is 11.6. The van der Waals surface area contributed by atoms with Gasteiger partial charge in [0.2, 0.25) is 0 Å². The minimum atomic E-state index is -2.98. The fourth-order valence-corrected chi connectivity index (χ4v) is 2.42. The zero-order valence-electron chi connectivity index (χ0n) is 11.4. The predicted octanol–water partition coefficient (Wildman–Crippen LogP) is 2.24. The van der Waals surface area contributed by atoms with E-state index in [4.69, 9.17) is 4.74 Å².